The molecule has 0 aromatic heterocycles. The summed E-state index contributed by atoms with van der Waals surface area (Å²) < 4.78 is 27.3. The second kappa shape index (κ2) is 5.49. The SMILES string of the molecule is Cc1ccc(F)c(NCc2ccccc2C#N)c1F. The second-order valence-electron chi connectivity index (χ2n) is 4.18. The summed E-state index contributed by atoms with van der Waals surface area (Å²) in [4.78, 5) is 0. The fourth-order valence-electron chi connectivity index (χ4n) is 1.79. The van der Waals surface area contributed by atoms with E-state index in [-0.39, 0.29) is 12.2 Å². The number of benzene rings is 2. The van der Waals surface area contributed by atoms with Crippen LogP contribution in [-0.4, -0.2) is 0 Å². The van der Waals surface area contributed by atoms with Crippen LogP contribution in [0.5, 0.6) is 0 Å². The summed E-state index contributed by atoms with van der Waals surface area (Å²) in [6.07, 6.45) is 0. The van der Waals surface area contributed by atoms with Gasteiger partial charge in [0.05, 0.1) is 11.6 Å². The van der Waals surface area contributed by atoms with E-state index in [1.165, 1.54) is 12.1 Å². The van der Waals surface area contributed by atoms with Gasteiger partial charge in [0.1, 0.15) is 11.5 Å². The maximum atomic E-state index is 13.8. The molecule has 0 aliphatic rings. The van der Waals surface area contributed by atoms with Gasteiger partial charge in [-0.2, -0.15) is 5.26 Å². The van der Waals surface area contributed by atoms with E-state index in [0.29, 0.717) is 16.7 Å². The number of hydrogen-bond donors (Lipinski definition) is 1. The van der Waals surface area contributed by atoms with Crippen LogP contribution >= 0.6 is 0 Å². The first-order valence-electron chi connectivity index (χ1n) is 5.80. The first-order valence-corrected chi connectivity index (χ1v) is 5.80. The molecule has 0 unspecified atom stereocenters. The van der Waals surface area contributed by atoms with Crippen LogP contribution < -0.4 is 5.32 Å². The molecule has 0 atom stereocenters. The fourth-order valence-corrected chi connectivity index (χ4v) is 1.79. The quantitative estimate of drug-likeness (QED) is 0.909. The van der Waals surface area contributed by atoms with Gasteiger partial charge in [-0.1, -0.05) is 24.3 Å². The summed E-state index contributed by atoms with van der Waals surface area (Å²) in [7, 11) is 0. The van der Waals surface area contributed by atoms with Gasteiger partial charge in [0.25, 0.3) is 0 Å². The maximum absolute atomic E-state index is 13.8. The largest absolute Gasteiger partial charge is 0.376 e. The Bertz CT molecular complexity index is 645. The minimum Gasteiger partial charge on any atom is -0.376 e. The van der Waals surface area contributed by atoms with E-state index in [1.807, 2.05) is 6.07 Å². The minimum absolute atomic E-state index is 0.159. The van der Waals surface area contributed by atoms with Crippen molar-refractivity contribution in [2.24, 2.45) is 0 Å². The molecule has 4 heteroatoms. The van der Waals surface area contributed by atoms with Gasteiger partial charge in [-0.15, -0.1) is 0 Å². The van der Waals surface area contributed by atoms with Gasteiger partial charge in [-0.05, 0) is 30.2 Å². The van der Waals surface area contributed by atoms with E-state index in [2.05, 4.69) is 5.32 Å². The molecule has 0 saturated carbocycles. The van der Waals surface area contributed by atoms with E-state index in [0.717, 1.165) is 0 Å². The van der Waals surface area contributed by atoms with E-state index in [9.17, 15) is 8.78 Å². The van der Waals surface area contributed by atoms with Gasteiger partial charge in [0.2, 0.25) is 0 Å². The normalized spacial score (nSPS) is 10.0. The van der Waals surface area contributed by atoms with Crippen molar-refractivity contribution in [1.29, 1.82) is 5.26 Å². The number of halogens is 2. The average molecular weight is 258 g/mol. The number of nitrogens with one attached hydrogen (secondary N) is 1. The zero-order valence-electron chi connectivity index (χ0n) is 10.4. The second-order valence-corrected chi connectivity index (χ2v) is 4.18. The Morgan fingerprint density at radius 2 is 1.89 bits per heavy atom. The highest BCUT2D eigenvalue weighted by Gasteiger charge is 2.11. The lowest BCUT2D eigenvalue weighted by molar-refractivity contribution is 0.582. The number of nitriles is 1. The Labute approximate surface area is 110 Å². The van der Waals surface area contributed by atoms with Gasteiger partial charge in [-0.3, -0.25) is 0 Å². The highest BCUT2D eigenvalue weighted by molar-refractivity contribution is 5.50. The number of rotatable bonds is 3. The Balaban J connectivity index is 2.25. The van der Waals surface area contributed by atoms with Crippen LogP contribution in [0.4, 0.5) is 14.5 Å². The summed E-state index contributed by atoms with van der Waals surface area (Å²) in [5.74, 6) is -1.24. The Kier molecular flexibility index (Phi) is 3.76. The number of hydrogen-bond acceptors (Lipinski definition) is 2. The van der Waals surface area contributed by atoms with Gasteiger partial charge >= 0.3 is 0 Å². The molecule has 19 heavy (non-hydrogen) atoms. The average Bonchev–Trinajstić information content (AvgIpc) is 2.43. The number of anilines is 1. The van der Waals surface area contributed by atoms with Crippen molar-refractivity contribution in [3.05, 3.63) is 64.7 Å². The molecule has 0 aliphatic heterocycles. The van der Waals surface area contributed by atoms with Crippen LogP contribution in [0.2, 0.25) is 0 Å². The number of nitrogens with zero attached hydrogens (tertiary/aromatic N) is 1. The molecule has 0 bridgehead atoms. The number of aryl methyl sites for hydroxylation is 1. The van der Waals surface area contributed by atoms with E-state index >= 15 is 0 Å². The molecule has 0 radical (unpaired) electrons. The third-order valence-electron chi connectivity index (χ3n) is 2.88. The first-order chi connectivity index (χ1) is 9.13. The van der Waals surface area contributed by atoms with Crippen molar-refractivity contribution in [1.82, 2.24) is 0 Å². The molecule has 2 nitrogen and oxygen atoms in total. The molecular formula is C15H12F2N2. The molecule has 1 N–H and O–H groups in total. The Morgan fingerprint density at radius 3 is 2.63 bits per heavy atom. The van der Waals surface area contributed by atoms with Gasteiger partial charge < -0.3 is 5.32 Å². The van der Waals surface area contributed by atoms with Crippen molar-refractivity contribution in [3.63, 3.8) is 0 Å². The summed E-state index contributed by atoms with van der Waals surface area (Å²) in [5.41, 5.74) is 1.40. The van der Waals surface area contributed by atoms with Crippen LogP contribution in [0.1, 0.15) is 16.7 Å². The molecule has 0 aliphatic carbocycles. The molecule has 0 fully saturated rings. The summed E-state index contributed by atoms with van der Waals surface area (Å²) >= 11 is 0. The molecule has 96 valence electrons. The monoisotopic (exact) mass is 258 g/mol. The van der Waals surface area contributed by atoms with Crippen molar-refractivity contribution < 1.29 is 8.78 Å². The topological polar surface area (TPSA) is 35.8 Å². The fraction of sp³-hybridized carbons (Fsp3) is 0.133. The van der Waals surface area contributed by atoms with E-state index < -0.39 is 11.6 Å². The van der Waals surface area contributed by atoms with Crippen LogP contribution in [0.3, 0.4) is 0 Å². The Morgan fingerprint density at radius 1 is 1.16 bits per heavy atom. The molecule has 2 aromatic rings. The van der Waals surface area contributed by atoms with Crippen LogP contribution in [0.15, 0.2) is 36.4 Å². The molecule has 0 spiro atoms. The zero-order chi connectivity index (χ0) is 13.8. The van der Waals surface area contributed by atoms with E-state index in [4.69, 9.17) is 5.26 Å². The summed E-state index contributed by atoms with van der Waals surface area (Å²) in [5, 5.41) is 11.7. The molecule has 2 aromatic carbocycles. The molecule has 0 saturated heterocycles. The molecule has 0 amide bonds. The molecular weight excluding hydrogens is 246 g/mol. The summed E-state index contributed by atoms with van der Waals surface area (Å²) in [6, 6.07) is 11.6. The smallest absolute Gasteiger partial charge is 0.152 e. The summed E-state index contributed by atoms with van der Waals surface area (Å²) in [6.45, 7) is 1.77. The predicted molar refractivity (Wildman–Crippen MR) is 69.6 cm³/mol. The lowest BCUT2D eigenvalue weighted by Gasteiger charge is -2.11. The van der Waals surface area contributed by atoms with Gasteiger partial charge in [0.15, 0.2) is 5.82 Å². The maximum Gasteiger partial charge on any atom is 0.152 e. The van der Waals surface area contributed by atoms with Gasteiger partial charge in [-0.25, -0.2) is 8.78 Å². The van der Waals surface area contributed by atoms with Gasteiger partial charge in [0, 0.05) is 6.54 Å². The predicted octanol–water partition coefficient (Wildman–Crippen LogP) is 3.76. The zero-order valence-corrected chi connectivity index (χ0v) is 10.4. The Hall–Kier alpha value is -2.41. The highest BCUT2D eigenvalue weighted by atomic mass is 19.1. The van der Waals surface area contributed by atoms with Crippen LogP contribution in [0.25, 0.3) is 0 Å². The third-order valence-corrected chi connectivity index (χ3v) is 2.88. The standard InChI is InChI=1S/C15H12F2N2/c1-10-6-7-13(16)15(14(10)17)19-9-12-5-3-2-4-11(12)8-18/h2-7,19H,9H2,1H3. The van der Waals surface area contributed by atoms with Crippen molar-refractivity contribution in [3.8, 4) is 6.07 Å². The highest BCUT2D eigenvalue weighted by Crippen LogP contribution is 2.22. The van der Waals surface area contributed by atoms with Crippen LogP contribution in [0, 0.1) is 29.9 Å². The van der Waals surface area contributed by atoms with Crippen LogP contribution in [-0.2, 0) is 6.54 Å². The minimum atomic E-state index is -0.641. The lowest BCUT2D eigenvalue weighted by Crippen LogP contribution is -2.06. The van der Waals surface area contributed by atoms with Crippen molar-refractivity contribution in [2.45, 2.75) is 13.5 Å². The lowest BCUT2D eigenvalue weighted by atomic mass is 10.1. The molecule has 0 heterocycles. The van der Waals surface area contributed by atoms with Crippen molar-refractivity contribution in [2.75, 3.05) is 5.32 Å². The van der Waals surface area contributed by atoms with E-state index in [1.54, 1.807) is 31.2 Å². The first kappa shape index (κ1) is 13.0. The third kappa shape index (κ3) is 2.71. The van der Waals surface area contributed by atoms with Crippen molar-refractivity contribution >= 4 is 5.69 Å². The molecule has 2 rings (SSSR count).